The van der Waals surface area contributed by atoms with E-state index in [0.29, 0.717) is 12.5 Å². The van der Waals surface area contributed by atoms with Crippen LogP contribution in [0.4, 0.5) is 0 Å². The van der Waals surface area contributed by atoms with E-state index in [1.165, 1.54) is 6.07 Å². The number of rotatable bonds is 4. The van der Waals surface area contributed by atoms with Crippen molar-refractivity contribution in [3.8, 4) is 0 Å². The molecule has 18 heavy (non-hydrogen) atoms. The zero-order valence-corrected chi connectivity index (χ0v) is 12.4. The quantitative estimate of drug-likeness (QED) is 0.926. The summed E-state index contributed by atoms with van der Waals surface area (Å²) in [6.07, 6.45) is 0. The van der Waals surface area contributed by atoms with Gasteiger partial charge in [-0.15, -0.1) is 10.2 Å². The van der Waals surface area contributed by atoms with Gasteiger partial charge in [-0.25, -0.2) is 0 Å². The normalized spacial score (nSPS) is 11.7. The topological polar surface area (TPSA) is 54.9 Å². The molecule has 0 bridgehead atoms. The number of amides is 1. The van der Waals surface area contributed by atoms with E-state index in [0.717, 1.165) is 0 Å². The summed E-state index contributed by atoms with van der Waals surface area (Å²) in [6, 6.07) is 1.41. The lowest BCUT2D eigenvalue weighted by molar-refractivity contribution is 0.0924. The standard InChI is InChI=1S/C12H17Cl2N3O/c1-7(2)12(3,4)6-15-11(18)8-5-9(13)16-17-10(8)14/h5,7H,6H2,1-4H3,(H,15,18). The number of hydrogen-bond donors (Lipinski definition) is 1. The van der Waals surface area contributed by atoms with Crippen LogP contribution in [0, 0.1) is 11.3 Å². The minimum atomic E-state index is -0.287. The van der Waals surface area contributed by atoms with Gasteiger partial charge in [0.1, 0.15) is 0 Å². The second-order valence-electron chi connectivity index (χ2n) is 5.20. The predicted molar refractivity (Wildman–Crippen MR) is 73.0 cm³/mol. The molecule has 1 heterocycles. The van der Waals surface area contributed by atoms with Gasteiger partial charge in [-0.2, -0.15) is 0 Å². The van der Waals surface area contributed by atoms with Gasteiger partial charge in [-0.3, -0.25) is 4.79 Å². The minimum absolute atomic E-state index is 0.00634. The van der Waals surface area contributed by atoms with Crippen LogP contribution in [-0.4, -0.2) is 22.6 Å². The highest BCUT2D eigenvalue weighted by molar-refractivity contribution is 6.34. The van der Waals surface area contributed by atoms with E-state index in [1.54, 1.807) is 0 Å². The molecule has 0 spiro atoms. The van der Waals surface area contributed by atoms with Crippen LogP contribution in [0.2, 0.25) is 10.3 Å². The van der Waals surface area contributed by atoms with Crippen LogP contribution in [0.15, 0.2) is 6.07 Å². The Balaban J connectivity index is 2.75. The Morgan fingerprint density at radius 1 is 1.39 bits per heavy atom. The maximum absolute atomic E-state index is 12.0. The van der Waals surface area contributed by atoms with Crippen LogP contribution in [0.3, 0.4) is 0 Å². The first-order chi connectivity index (χ1) is 8.24. The molecule has 0 aliphatic carbocycles. The zero-order chi connectivity index (χ0) is 13.9. The molecule has 1 rings (SSSR count). The van der Waals surface area contributed by atoms with Gasteiger partial charge < -0.3 is 5.32 Å². The van der Waals surface area contributed by atoms with Crippen molar-refractivity contribution < 1.29 is 4.79 Å². The summed E-state index contributed by atoms with van der Waals surface area (Å²) in [7, 11) is 0. The van der Waals surface area contributed by atoms with Gasteiger partial charge in [0, 0.05) is 6.54 Å². The van der Waals surface area contributed by atoms with Crippen molar-refractivity contribution in [2.24, 2.45) is 11.3 Å². The maximum atomic E-state index is 12.0. The van der Waals surface area contributed by atoms with Gasteiger partial charge in [0.25, 0.3) is 5.91 Å². The molecule has 0 unspecified atom stereocenters. The van der Waals surface area contributed by atoms with Gasteiger partial charge in [-0.05, 0) is 17.4 Å². The maximum Gasteiger partial charge on any atom is 0.254 e. The molecule has 1 aromatic rings. The second-order valence-corrected chi connectivity index (χ2v) is 5.94. The number of hydrogen-bond acceptors (Lipinski definition) is 3. The van der Waals surface area contributed by atoms with Crippen molar-refractivity contribution in [3.05, 3.63) is 21.9 Å². The zero-order valence-electron chi connectivity index (χ0n) is 10.9. The highest BCUT2D eigenvalue weighted by Crippen LogP contribution is 2.25. The van der Waals surface area contributed by atoms with Crippen LogP contribution < -0.4 is 5.32 Å². The lowest BCUT2D eigenvalue weighted by Crippen LogP contribution is -2.37. The Labute approximate surface area is 117 Å². The van der Waals surface area contributed by atoms with Crippen molar-refractivity contribution in [2.45, 2.75) is 27.7 Å². The fourth-order valence-corrected chi connectivity index (χ4v) is 1.44. The number of nitrogens with one attached hydrogen (secondary N) is 1. The van der Waals surface area contributed by atoms with Crippen LogP contribution in [0.5, 0.6) is 0 Å². The largest absolute Gasteiger partial charge is 0.351 e. The van der Waals surface area contributed by atoms with Gasteiger partial charge in [0.05, 0.1) is 5.56 Å². The Hall–Kier alpha value is -0.870. The third kappa shape index (κ3) is 3.82. The highest BCUT2D eigenvalue weighted by Gasteiger charge is 2.24. The average Bonchev–Trinajstić information content (AvgIpc) is 2.29. The fraction of sp³-hybridized carbons (Fsp3) is 0.583. The molecule has 0 aliphatic rings. The first-order valence-corrected chi connectivity index (χ1v) is 6.46. The minimum Gasteiger partial charge on any atom is -0.351 e. The molecule has 0 fully saturated rings. The molecule has 0 saturated carbocycles. The first-order valence-electron chi connectivity index (χ1n) is 5.71. The Bertz CT molecular complexity index is 447. The molecular formula is C12H17Cl2N3O. The Kier molecular flexibility index (Phi) is 4.93. The van der Waals surface area contributed by atoms with E-state index in [9.17, 15) is 4.79 Å². The Morgan fingerprint density at radius 3 is 2.56 bits per heavy atom. The summed E-state index contributed by atoms with van der Waals surface area (Å²) in [5, 5.41) is 10.2. The van der Waals surface area contributed by atoms with Gasteiger partial charge in [-0.1, -0.05) is 50.9 Å². The molecule has 0 radical (unpaired) electrons. The Morgan fingerprint density at radius 2 is 2.00 bits per heavy atom. The third-order valence-corrected chi connectivity index (χ3v) is 3.70. The van der Waals surface area contributed by atoms with Crippen molar-refractivity contribution in [1.29, 1.82) is 0 Å². The predicted octanol–water partition coefficient (Wildman–Crippen LogP) is 3.20. The summed E-state index contributed by atoms with van der Waals surface area (Å²) < 4.78 is 0. The van der Waals surface area contributed by atoms with E-state index in [-0.39, 0.29) is 27.2 Å². The van der Waals surface area contributed by atoms with E-state index < -0.39 is 0 Å². The van der Waals surface area contributed by atoms with Gasteiger partial charge >= 0.3 is 0 Å². The number of halogens is 2. The monoisotopic (exact) mass is 289 g/mol. The number of nitrogens with zero attached hydrogens (tertiary/aromatic N) is 2. The van der Waals surface area contributed by atoms with Crippen molar-refractivity contribution in [1.82, 2.24) is 15.5 Å². The average molecular weight is 290 g/mol. The highest BCUT2D eigenvalue weighted by atomic mass is 35.5. The molecule has 0 aliphatic heterocycles. The summed E-state index contributed by atoms with van der Waals surface area (Å²) >= 11 is 11.5. The van der Waals surface area contributed by atoms with E-state index >= 15 is 0 Å². The second kappa shape index (κ2) is 5.85. The molecular weight excluding hydrogens is 273 g/mol. The molecule has 4 nitrogen and oxygen atoms in total. The SMILES string of the molecule is CC(C)C(C)(C)CNC(=O)c1cc(Cl)nnc1Cl. The van der Waals surface area contributed by atoms with Crippen LogP contribution >= 0.6 is 23.2 Å². The molecule has 6 heteroatoms. The number of carbonyl (C=O) groups excluding carboxylic acids is 1. The third-order valence-electron chi connectivity index (χ3n) is 3.23. The summed E-state index contributed by atoms with van der Waals surface area (Å²) in [4.78, 5) is 12.0. The van der Waals surface area contributed by atoms with Crippen LogP contribution in [0.1, 0.15) is 38.1 Å². The number of carbonyl (C=O) groups is 1. The lowest BCUT2D eigenvalue weighted by Gasteiger charge is -2.29. The number of aromatic nitrogens is 2. The van der Waals surface area contributed by atoms with Crippen LogP contribution in [-0.2, 0) is 0 Å². The molecule has 1 amide bonds. The van der Waals surface area contributed by atoms with E-state index in [4.69, 9.17) is 23.2 Å². The molecule has 0 saturated heterocycles. The summed E-state index contributed by atoms with van der Waals surface area (Å²) in [5.74, 6) is 0.165. The van der Waals surface area contributed by atoms with Crippen molar-refractivity contribution >= 4 is 29.1 Å². The molecule has 0 aromatic carbocycles. The van der Waals surface area contributed by atoms with Gasteiger partial charge in [0.15, 0.2) is 10.3 Å². The van der Waals surface area contributed by atoms with E-state index in [2.05, 4.69) is 43.2 Å². The van der Waals surface area contributed by atoms with Crippen molar-refractivity contribution in [2.75, 3.05) is 6.54 Å². The molecule has 1 N–H and O–H groups in total. The molecule has 0 atom stereocenters. The van der Waals surface area contributed by atoms with E-state index in [1.807, 2.05) is 0 Å². The first kappa shape index (κ1) is 15.2. The molecule has 100 valence electrons. The summed E-state index contributed by atoms with van der Waals surface area (Å²) in [5.41, 5.74) is 0.253. The smallest absolute Gasteiger partial charge is 0.254 e. The fourth-order valence-electron chi connectivity index (χ4n) is 1.12. The lowest BCUT2D eigenvalue weighted by atomic mass is 9.81. The van der Waals surface area contributed by atoms with Crippen LogP contribution in [0.25, 0.3) is 0 Å². The summed E-state index contributed by atoms with van der Waals surface area (Å²) in [6.45, 7) is 8.97. The van der Waals surface area contributed by atoms with Gasteiger partial charge in [0.2, 0.25) is 0 Å². The molecule has 1 aromatic heterocycles. The van der Waals surface area contributed by atoms with Crippen molar-refractivity contribution in [3.63, 3.8) is 0 Å².